The van der Waals surface area contributed by atoms with Gasteiger partial charge in [0.05, 0.1) is 10.5 Å². The van der Waals surface area contributed by atoms with Crippen LogP contribution in [0.4, 0.5) is 10.1 Å². The highest BCUT2D eigenvalue weighted by atomic mass is 32.2. The number of rotatable bonds is 6. The number of amides is 1. The van der Waals surface area contributed by atoms with Crippen LogP contribution in [0.3, 0.4) is 0 Å². The van der Waals surface area contributed by atoms with Crippen molar-refractivity contribution in [2.24, 2.45) is 5.92 Å². The number of nitrogens with one attached hydrogen (secondary N) is 1. The number of hydrogen-bond acceptors (Lipinski definition) is 4. The van der Waals surface area contributed by atoms with Crippen LogP contribution in [0, 0.1) is 21.8 Å². The fraction of sp³-hybridized carbons (Fsp3) is 0.316. The molecule has 1 saturated carbocycles. The van der Waals surface area contributed by atoms with E-state index in [4.69, 9.17) is 0 Å². The number of hydrogen-bond donors (Lipinski definition) is 1. The van der Waals surface area contributed by atoms with E-state index in [0.29, 0.717) is 22.3 Å². The van der Waals surface area contributed by atoms with E-state index in [2.05, 4.69) is 5.32 Å². The Kier molecular flexibility index (Phi) is 5.88. The van der Waals surface area contributed by atoms with Crippen LogP contribution < -0.4 is 5.32 Å². The maximum Gasteiger partial charge on any atom is 0.270 e. The van der Waals surface area contributed by atoms with Gasteiger partial charge in [-0.1, -0.05) is 36.7 Å². The molecule has 1 aliphatic rings. The Labute approximate surface area is 155 Å². The third-order valence-electron chi connectivity index (χ3n) is 4.50. The van der Waals surface area contributed by atoms with Crippen LogP contribution in [0.1, 0.15) is 36.0 Å². The van der Waals surface area contributed by atoms with Crippen LogP contribution in [-0.4, -0.2) is 17.4 Å². The van der Waals surface area contributed by atoms with Crippen molar-refractivity contribution in [1.29, 1.82) is 0 Å². The van der Waals surface area contributed by atoms with Crippen molar-refractivity contribution in [2.45, 2.75) is 35.5 Å². The summed E-state index contributed by atoms with van der Waals surface area (Å²) < 4.78 is 13.9. The summed E-state index contributed by atoms with van der Waals surface area (Å²) >= 11 is 1.09. The first-order valence-electron chi connectivity index (χ1n) is 8.53. The van der Waals surface area contributed by atoms with E-state index >= 15 is 0 Å². The predicted molar refractivity (Wildman–Crippen MR) is 97.9 cm³/mol. The minimum atomic E-state index is -0.536. The minimum absolute atomic E-state index is 0.158. The van der Waals surface area contributed by atoms with Gasteiger partial charge in [-0.3, -0.25) is 14.9 Å². The van der Waals surface area contributed by atoms with Crippen LogP contribution >= 0.6 is 11.8 Å². The molecule has 1 amide bonds. The smallest absolute Gasteiger partial charge is 0.270 e. The molecule has 0 saturated heterocycles. The first-order chi connectivity index (χ1) is 12.5. The largest absolute Gasteiger partial charge is 0.352 e. The van der Waals surface area contributed by atoms with E-state index in [0.717, 1.165) is 24.6 Å². The molecular formula is C19H19FN2O3S. The predicted octanol–water partition coefficient (Wildman–Crippen LogP) is 4.81. The molecule has 0 bridgehead atoms. The Balaban J connectivity index is 1.84. The molecule has 2 aromatic rings. The SMILES string of the molecule is O=C(NCC1CCCC1)c1cc([N+](=O)[O-])ccc1Sc1ccccc1F. The molecule has 1 fully saturated rings. The average molecular weight is 374 g/mol. The van der Waals surface area contributed by atoms with Crippen molar-refractivity contribution < 1.29 is 14.1 Å². The summed E-state index contributed by atoms with van der Waals surface area (Å²) in [5, 5.41) is 14.0. The van der Waals surface area contributed by atoms with Gasteiger partial charge in [0, 0.05) is 28.5 Å². The van der Waals surface area contributed by atoms with Crippen LogP contribution in [0.2, 0.25) is 0 Å². The lowest BCUT2D eigenvalue weighted by atomic mass is 10.1. The first kappa shape index (κ1) is 18.4. The summed E-state index contributed by atoms with van der Waals surface area (Å²) in [6.45, 7) is 0.561. The van der Waals surface area contributed by atoms with Crippen LogP contribution in [0.5, 0.6) is 0 Å². The number of nitro benzene ring substituents is 1. The molecule has 136 valence electrons. The van der Waals surface area contributed by atoms with E-state index < -0.39 is 10.7 Å². The Morgan fingerprint density at radius 1 is 1.19 bits per heavy atom. The topological polar surface area (TPSA) is 72.2 Å². The summed E-state index contributed by atoms with van der Waals surface area (Å²) in [5.41, 5.74) is 0.0411. The molecule has 0 spiro atoms. The molecule has 1 aliphatic carbocycles. The summed E-state index contributed by atoms with van der Waals surface area (Å²) in [6, 6.07) is 10.3. The van der Waals surface area contributed by atoms with Crippen LogP contribution in [-0.2, 0) is 0 Å². The second-order valence-electron chi connectivity index (χ2n) is 6.33. The normalized spacial score (nSPS) is 14.3. The van der Waals surface area contributed by atoms with Crippen molar-refractivity contribution in [1.82, 2.24) is 5.32 Å². The van der Waals surface area contributed by atoms with Crippen molar-refractivity contribution in [3.05, 3.63) is 64.0 Å². The molecule has 1 N–H and O–H groups in total. The highest BCUT2D eigenvalue weighted by molar-refractivity contribution is 7.99. The molecular weight excluding hydrogens is 355 g/mol. The maximum absolute atomic E-state index is 13.9. The zero-order valence-corrected chi connectivity index (χ0v) is 14.9. The lowest BCUT2D eigenvalue weighted by molar-refractivity contribution is -0.384. The van der Waals surface area contributed by atoms with Crippen molar-refractivity contribution in [3.8, 4) is 0 Å². The molecule has 2 aromatic carbocycles. The fourth-order valence-corrected chi connectivity index (χ4v) is 4.04. The Morgan fingerprint density at radius 2 is 1.92 bits per heavy atom. The van der Waals surface area contributed by atoms with Gasteiger partial charge >= 0.3 is 0 Å². The molecule has 7 heteroatoms. The number of carbonyl (C=O) groups is 1. The first-order valence-corrected chi connectivity index (χ1v) is 9.35. The Hall–Kier alpha value is -2.41. The van der Waals surface area contributed by atoms with Crippen LogP contribution in [0.15, 0.2) is 52.3 Å². The van der Waals surface area contributed by atoms with E-state index in [1.54, 1.807) is 18.2 Å². The van der Waals surface area contributed by atoms with E-state index in [1.165, 1.54) is 37.1 Å². The number of nitro groups is 1. The third-order valence-corrected chi connectivity index (χ3v) is 5.63. The van der Waals surface area contributed by atoms with Gasteiger partial charge in [0.25, 0.3) is 11.6 Å². The molecule has 0 radical (unpaired) electrons. The molecule has 0 aliphatic heterocycles. The maximum atomic E-state index is 13.9. The zero-order chi connectivity index (χ0) is 18.5. The quantitative estimate of drug-likeness (QED) is 0.582. The van der Waals surface area contributed by atoms with E-state index in [1.807, 2.05) is 0 Å². The number of carbonyl (C=O) groups excluding carboxylic acids is 1. The number of halogens is 1. The summed E-state index contributed by atoms with van der Waals surface area (Å²) in [7, 11) is 0. The summed E-state index contributed by atoms with van der Waals surface area (Å²) in [4.78, 5) is 24.0. The van der Waals surface area contributed by atoms with Crippen molar-refractivity contribution in [2.75, 3.05) is 6.54 Å². The summed E-state index contributed by atoms with van der Waals surface area (Å²) in [6.07, 6.45) is 4.52. The van der Waals surface area contributed by atoms with Gasteiger partial charge in [-0.15, -0.1) is 0 Å². The summed E-state index contributed by atoms with van der Waals surface area (Å²) in [5.74, 6) is -0.298. The van der Waals surface area contributed by atoms with Gasteiger partial charge in [0.1, 0.15) is 5.82 Å². The molecule has 3 rings (SSSR count). The van der Waals surface area contributed by atoms with Gasteiger partial charge in [0.2, 0.25) is 0 Å². The fourth-order valence-electron chi connectivity index (χ4n) is 3.09. The Morgan fingerprint density at radius 3 is 2.62 bits per heavy atom. The molecule has 0 heterocycles. The molecule has 26 heavy (non-hydrogen) atoms. The Bertz CT molecular complexity index is 822. The number of nitrogens with zero attached hydrogens (tertiary/aromatic N) is 1. The molecule has 5 nitrogen and oxygen atoms in total. The molecule has 0 aromatic heterocycles. The molecule has 0 atom stereocenters. The van der Waals surface area contributed by atoms with E-state index in [-0.39, 0.29) is 17.2 Å². The van der Waals surface area contributed by atoms with Gasteiger partial charge in [-0.25, -0.2) is 4.39 Å². The van der Waals surface area contributed by atoms with E-state index in [9.17, 15) is 19.3 Å². The van der Waals surface area contributed by atoms with Crippen molar-refractivity contribution >= 4 is 23.4 Å². The van der Waals surface area contributed by atoms with Gasteiger partial charge in [-0.05, 0) is 37.0 Å². The van der Waals surface area contributed by atoms with Gasteiger partial charge in [0.15, 0.2) is 0 Å². The van der Waals surface area contributed by atoms with Gasteiger partial charge in [-0.2, -0.15) is 0 Å². The standard InChI is InChI=1S/C19H19FN2O3S/c20-16-7-3-4-8-18(16)26-17-10-9-14(22(24)25)11-15(17)19(23)21-12-13-5-1-2-6-13/h3-4,7-11,13H,1-2,5-6,12H2,(H,21,23). The number of benzene rings is 2. The zero-order valence-electron chi connectivity index (χ0n) is 14.1. The second kappa shape index (κ2) is 8.31. The van der Waals surface area contributed by atoms with Crippen molar-refractivity contribution in [3.63, 3.8) is 0 Å². The lowest BCUT2D eigenvalue weighted by Crippen LogP contribution is -2.28. The number of non-ortho nitro benzene ring substituents is 1. The lowest BCUT2D eigenvalue weighted by Gasteiger charge is -2.13. The molecule has 0 unspecified atom stereocenters. The minimum Gasteiger partial charge on any atom is -0.352 e. The third kappa shape index (κ3) is 4.40. The van der Waals surface area contributed by atoms with Gasteiger partial charge < -0.3 is 5.32 Å². The second-order valence-corrected chi connectivity index (χ2v) is 7.41. The monoisotopic (exact) mass is 374 g/mol. The average Bonchev–Trinajstić information content (AvgIpc) is 3.15. The highest BCUT2D eigenvalue weighted by Crippen LogP contribution is 2.34. The van der Waals surface area contributed by atoms with Crippen LogP contribution in [0.25, 0.3) is 0 Å². The highest BCUT2D eigenvalue weighted by Gasteiger charge is 2.20.